The van der Waals surface area contributed by atoms with Crippen molar-refractivity contribution < 1.29 is 14.3 Å². The molecule has 0 spiro atoms. The molecule has 1 aliphatic heterocycles. The predicted molar refractivity (Wildman–Crippen MR) is 97.2 cm³/mol. The van der Waals surface area contributed by atoms with Crippen LogP contribution in [0, 0.1) is 0 Å². The van der Waals surface area contributed by atoms with Crippen LogP contribution in [0.4, 0.5) is 11.4 Å². The molecule has 3 rings (SSSR count). The van der Waals surface area contributed by atoms with Crippen molar-refractivity contribution in [3.63, 3.8) is 0 Å². The molecule has 5 nitrogen and oxygen atoms in total. The molecular formula is C18H15BrN2O3. The van der Waals surface area contributed by atoms with E-state index in [-0.39, 0.29) is 18.4 Å². The zero-order chi connectivity index (χ0) is 17.1. The van der Waals surface area contributed by atoms with Crippen LogP contribution in [0.5, 0.6) is 5.75 Å². The van der Waals surface area contributed by atoms with Crippen molar-refractivity contribution >= 4 is 45.2 Å². The Kier molecular flexibility index (Phi) is 4.66. The third-order valence-electron chi connectivity index (χ3n) is 3.63. The van der Waals surface area contributed by atoms with Gasteiger partial charge in [0.05, 0.1) is 18.5 Å². The number of benzene rings is 2. The van der Waals surface area contributed by atoms with Crippen molar-refractivity contribution in [1.82, 2.24) is 0 Å². The first-order chi connectivity index (χ1) is 11.6. The molecule has 0 radical (unpaired) electrons. The van der Waals surface area contributed by atoms with Crippen LogP contribution >= 0.6 is 15.9 Å². The van der Waals surface area contributed by atoms with E-state index in [2.05, 4.69) is 21.2 Å². The third-order valence-corrected chi connectivity index (χ3v) is 4.13. The number of para-hydroxylation sites is 2. The maximum absolute atomic E-state index is 12.6. The van der Waals surface area contributed by atoms with Gasteiger partial charge in [-0.1, -0.05) is 28.1 Å². The van der Waals surface area contributed by atoms with Crippen LogP contribution in [0.1, 0.15) is 5.56 Å². The fourth-order valence-electron chi connectivity index (χ4n) is 2.52. The van der Waals surface area contributed by atoms with Crippen LogP contribution in [0.15, 0.2) is 53.0 Å². The van der Waals surface area contributed by atoms with Crippen LogP contribution in [-0.2, 0) is 9.59 Å². The van der Waals surface area contributed by atoms with Gasteiger partial charge in [0.1, 0.15) is 12.3 Å². The quantitative estimate of drug-likeness (QED) is 0.821. The zero-order valence-electron chi connectivity index (χ0n) is 13.0. The molecule has 0 aromatic heterocycles. The number of amides is 2. The van der Waals surface area contributed by atoms with Crippen LogP contribution in [0.2, 0.25) is 0 Å². The largest absolute Gasteiger partial charge is 0.496 e. The molecule has 0 fully saturated rings. The Hall–Kier alpha value is -2.60. The Morgan fingerprint density at radius 2 is 2.08 bits per heavy atom. The van der Waals surface area contributed by atoms with Gasteiger partial charge in [0.2, 0.25) is 5.91 Å². The number of hydrogen-bond acceptors (Lipinski definition) is 3. The van der Waals surface area contributed by atoms with Crippen molar-refractivity contribution in [2.24, 2.45) is 0 Å². The molecule has 1 N–H and O–H groups in total. The SMILES string of the molecule is COc1ccc(Br)cc1C=CC(=O)N1CC(=O)Nc2ccccc21. The summed E-state index contributed by atoms with van der Waals surface area (Å²) in [5, 5.41) is 2.76. The average molecular weight is 387 g/mol. The van der Waals surface area contributed by atoms with E-state index in [0.717, 1.165) is 10.0 Å². The van der Waals surface area contributed by atoms with E-state index in [1.165, 1.54) is 11.0 Å². The molecule has 1 aliphatic rings. The lowest BCUT2D eigenvalue weighted by atomic mass is 10.1. The number of halogens is 1. The van der Waals surface area contributed by atoms with E-state index in [4.69, 9.17) is 4.74 Å². The first-order valence-electron chi connectivity index (χ1n) is 7.30. The topological polar surface area (TPSA) is 58.6 Å². The Morgan fingerprint density at radius 1 is 1.29 bits per heavy atom. The second-order valence-electron chi connectivity index (χ2n) is 5.21. The summed E-state index contributed by atoms with van der Waals surface area (Å²) in [4.78, 5) is 25.8. The smallest absolute Gasteiger partial charge is 0.251 e. The van der Waals surface area contributed by atoms with Gasteiger partial charge in [-0.25, -0.2) is 0 Å². The van der Waals surface area contributed by atoms with E-state index in [1.54, 1.807) is 25.3 Å². The first-order valence-corrected chi connectivity index (χ1v) is 8.10. The maximum Gasteiger partial charge on any atom is 0.251 e. The zero-order valence-corrected chi connectivity index (χ0v) is 14.5. The normalized spacial score (nSPS) is 13.6. The van der Waals surface area contributed by atoms with Gasteiger partial charge in [0, 0.05) is 16.1 Å². The summed E-state index contributed by atoms with van der Waals surface area (Å²) in [6.07, 6.45) is 3.13. The lowest BCUT2D eigenvalue weighted by Crippen LogP contribution is -2.41. The van der Waals surface area contributed by atoms with Gasteiger partial charge in [-0.15, -0.1) is 0 Å². The van der Waals surface area contributed by atoms with Crippen molar-refractivity contribution in [2.75, 3.05) is 23.9 Å². The Morgan fingerprint density at radius 3 is 2.88 bits per heavy atom. The van der Waals surface area contributed by atoms with Crippen molar-refractivity contribution in [3.8, 4) is 5.75 Å². The summed E-state index contributed by atoms with van der Waals surface area (Å²) in [7, 11) is 1.58. The molecule has 2 aromatic carbocycles. The fourth-order valence-corrected chi connectivity index (χ4v) is 2.90. The van der Waals surface area contributed by atoms with Crippen LogP contribution < -0.4 is 15.0 Å². The molecule has 0 aliphatic carbocycles. The van der Waals surface area contributed by atoms with Gasteiger partial charge >= 0.3 is 0 Å². The fraction of sp³-hybridized carbons (Fsp3) is 0.111. The number of nitrogens with one attached hydrogen (secondary N) is 1. The van der Waals surface area contributed by atoms with E-state index in [9.17, 15) is 9.59 Å². The lowest BCUT2D eigenvalue weighted by molar-refractivity contribution is -0.119. The summed E-state index contributed by atoms with van der Waals surface area (Å²) in [5.74, 6) is 0.189. The van der Waals surface area contributed by atoms with E-state index >= 15 is 0 Å². The minimum absolute atomic E-state index is 0.00416. The van der Waals surface area contributed by atoms with Crippen LogP contribution in [0.25, 0.3) is 6.08 Å². The summed E-state index contributed by atoms with van der Waals surface area (Å²) >= 11 is 3.40. The van der Waals surface area contributed by atoms with Gasteiger partial charge < -0.3 is 10.1 Å². The Balaban J connectivity index is 1.88. The highest BCUT2D eigenvalue weighted by atomic mass is 79.9. The molecule has 122 valence electrons. The number of nitrogens with zero attached hydrogens (tertiary/aromatic N) is 1. The number of anilines is 2. The molecule has 0 atom stereocenters. The van der Waals surface area contributed by atoms with Crippen molar-refractivity contribution in [2.45, 2.75) is 0 Å². The number of ether oxygens (including phenoxy) is 1. The highest BCUT2D eigenvalue weighted by Crippen LogP contribution is 2.29. The molecule has 2 aromatic rings. The third kappa shape index (κ3) is 3.33. The molecule has 24 heavy (non-hydrogen) atoms. The average Bonchev–Trinajstić information content (AvgIpc) is 2.59. The maximum atomic E-state index is 12.6. The molecular weight excluding hydrogens is 372 g/mol. The van der Waals surface area contributed by atoms with E-state index in [0.29, 0.717) is 17.1 Å². The van der Waals surface area contributed by atoms with Gasteiger partial charge in [-0.05, 0) is 36.4 Å². The minimum Gasteiger partial charge on any atom is -0.496 e. The van der Waals surface area contributed by atoms with Crippen LogP contribution in [-0.4, -0.2) is 25.5 Å². The van der Waals surface area contributed by atoms with Gasteiger partial charge in [0.25, 0.3) is 5.91 Å². The Bertz CT molecular complexity index is 833. The number of carbonyl (C=O) groups is 2. The molecule has 1 heterocycles. The molecule has 6 heteroatoms. The lowest BCUT2D eigenvalue weighted by Gasteiger charge is -2.28. The number of carbonyl (C=O) groups excluding carboxylic acids is 2. The summed E-state index contributed by atoms with van der Waals surface area (Å²) < 4.78 is 6.18. The van der Waals surface area contributed by atoms with E-state index in [1.807, 2.05) is 30.3 Å². The predicted octanol–water partition coefficient (Wildman–Crippen LogP) is 3.46. The van der Waals surface area contributed by atoms with Gasteiger partial charge in [0.15, 0.2) is 0 Å². The number of methoxy groups -OCH3 is 1. The standard InChI is InChI=1S/C18H15BrN2O3/c1-24-16-8-7-13(19)10-12(16)6-9-18(23)21-11-17(22)20-14-4-2-3-5-15(14)21/h2-10H,11H2,1H3,(H,20,22). The second kappa shape index (κ2) is 6.88. The molecule has 2 amide bonds. The highest BCUT2D eigenvalue weighted by Gasteiger charge is 2.25. The van der Waals surface area contributed by atoms with Crippen molar-refractivity contribution in [3.05, 3.63) is 58.6 Å². The molecule has 0 bridgehead atoms. The summed E-state index contributed by atoms with van der Waals surface area (Å²) in [5.41, 5.74) is 2.10. The summed E-state index contributed by atoms with van der Waals surface area (Å²) in [6, 6.07) is 12.8. The van der Waals surface area contributed by atoms with Gasteiger partial charge in [-0.3, -0.25) is 14.5 Å². The van der Waals surface area contributed by atoms with Crippen molar-refractivity contribution in [1.29, 1.82) is 0 Å². The molecule has 0 saturated carbocycles. The van der Waals surface area contributed by atoms with Gasteiger partial charge in [-0.2, -0.15) is 0 Å². The number of hydrogen-bond donors (Lipinski definition) is 1. The number of fused-ring (bicyclic) bond motifs is 1. The highest BCUT2D eigenvalue weighted by molar-refractivity contribution is 9.10. The molecule has 0 saturated heterocycles. The monoisotopic (exact) mass is 386 g/mol. The second-order valence-corrected chi connectivity index (χ2v) is 6.12. The first kappa shape index (κ1) is 16.3. The number of rotatable bonds is 3. The summed E-state index contributed by atoms with van der Waals surface area (Å²) in [6.45, 7) is -0.00416. The molecule has 0 unspecified atom stereocenters. The Labute approximate surface area is 148 Å². The van der Waals surface area contributed by atoms with E-state index < -0.39 is 0 Å². The van der Waals surface area contributed by atoms with Crippen LogP contribution in [0.3, 0.4) is 0 Å². The minimum atomic E-state index is -0.265.